The molecule has 3 aromatic rings. The number of fused-ring (bicyclic) bond motifs is 1. The van der Waals surface area contributed by atoms with Crippen molar-refractivity contribution in [3.63, 3.8) is 0 Å². The molecule has 3 N–H and O–H groups in total. The lowest BCUT2D eigenvalue weighted by Gasteiger charge is -2.37. The molecule has 0 saturated heterocycles. The first-order valence-electron chi connectivity index (χ1n) is 13.4. The van der Waals surface area contributed by atoms with E-state index in [2.05, 4.69) is 60.9 Å². The summed E-state index contributed by atoms with van der Waals surface area (Å²) in [6, 6.07) is 11.0. The fraction of sp³-hybridized carbons (Fsp3) is 0.533. The number of hydrogen-bond acceptors (Lipinski definition) is 4. The molecule has 1 fully saturated rings. The second-order valence-corrected chi connectivity index (χ2v) is 12.5. The number of pyridine rings is 1. The summed E-state index contributed by atoms with van der Waals surface area (Å²) in [6.07, 6.45) is 6.67. The quantitative estimate of drug-likeness (QED) is 0.327. The van der Waals surface area contributed by atoms with Gasteiger partial charge in [0.05, 0.1) is 5.56 Å². The highest BCUT2D eigenvalue weighted by atomic mass is 32.2. The van der Waals surface area contributed by atoms with Gasteiger partial charge in [-0.3, -0.25) is 9.59 Å². The summed E-state index contributed by atoms with van der Waals surface area (Å²) in [7, 11) is 0. The fourth-order valence-electron chi connectivity index (χ4n) is 6.06. The normalized spacial score (nSPS) is 19.2. The highest BCUT2D eigenvalue weighted by Gasteiger charge is 2.31. The average molecular weight is 523 g/mol. The van der Waals surface area contributed by atoms with Crippen molar-refractivity contribution >= 4 is 28.6 Å². The van der Waals surface area contributed by atoms with Crippen LogP contribution in [0.2, 0.25) is 0 Å². The van der Waals surface area contributed by atoms with Crippen molar-refractivity contribution in [2.75, 3.05) is 6.26 Å². The Labute approximate surface area is 225 Å². The van der Waals surface area contributed by atoms with E-state index in [1.54, 1.807) is 0 Å². The van der Waals surface area contributed by atoms with Crippen molar-refractivity contribution in [2.24, 2.45) is 5.92 Å². The molecule has 7 heteroatoms. The summed E-state index contributed by atoms with van der Waals surface area (Å²) in [5.41, 5.74) is 4.21. The first-order valence-corrected chi connectivity index (χ1v) is 14.6. The minimum atomic E-state index is -0.144. The minimum absolute atomic E-state index is 0.134. The number of thioether (sulfide) groups is 1. The van der Waals surface area contributed by atoms with Crippen molar-refractivity contribution in [1.29, 1.82) is 0 Å². The zero-order chi connectivity index (χ0) is 26.9. The van der Waals surface area contributed by atoms with Crippen LogP contribution in [0.4, 0.5) is 0 Å². The van der Waals surface area contributed by atoms with E-state index in [9.17, 15) is 9.59 Å². The number of carbonyl (C=O) groups excluding carboxylic acids is 1. The van der Waals surface area contributed by atoms with Crippen molar-refractivity contribution in [3.8, 4) is 0 Å². The zero-order valence-corrected chi connectivity index (χ0v) is 24.1. The van der Waals surface area contributed by atoms with E-state index in [0.29, 0.717) is 29.1 Å². The maximum Gasteiger partial charge on any atom is 0.254 e. The summed E-state index contributed by atoms with van der Waals surface area (Å²) < 4.78 is 2.37. The third kappa shape index (κ3) is 5.99. The lowest BCUT2D eigenvalue weighted by molar-refractivity contribution is 0.0951. The average Bonchev–Trinajstić information content (AvgIpc) is 3.13. The van der Waals surface area contributed by atoms with Gasteiger partial charge in [-0.1, -0.05) is 18.2 Å². The Morgan fingerprint density at radius 2 is 1.84 bits per heavy atom. The van der Waals surface area contributed by atoms with Crippen LogP contribution in [0.25, 0.3) is 10.9 Å². The molecule has 0 radical (unpaired) electrons. The Kier molecular flexibility index (Phi) is 8.24. The Balaban J connectivity index is 1.58. The van der Waals surface area contributed by atoms with Gasteiger partial charge in [0.25, 0.3) is 11.5 Å². The number of aryl methyl sites for hydroxylation is 1. The molecule has 0 bridgehead atoms. The number of hydrogen-bond donors (Lipinski definition) is 3. The molecule has 1 aliphatic carbocycles. The van der Waals surface area contributed by atoms with E-state index < -0.39 is 0 Å². The Hall–Kier alpha value is -2.51. The standard InChI is InChI=1S/C30H42N4O2S/c1-18-16-26(37-7)24(28(35)32-18)17-31-29(36)27-20(3)34(25-11-9-8-10-23(25)27)19(2)21-12-14-22(15-13-21)33-30(4,5)6/h8-11,16,19,21-22,33H,12-15,17H2,1-7H3,(H,31,36)(H,32,35)/t19-,21?,22?/m1/s1. The van der Waals surface area contributed by atoms with Gasteiger partial charge in [-0.15, -0.1) is 11.8 Å². The van der Waals surface area contributed by atoms with Crippen LogP contribution < -0.4 is 16.2 Å². The van der Waals surface area contributed by atoms with Gasteiger partial charge in [0, 0.05) is 56.9 Å². The highest BCUT2D eigenvalue weighted by molar-refractivity contribution is 7.98. The van der Waals surface area contributed by atoms with Crippen LogP contribution in [0.5, 0.6) is 0 Å². The molecular formula is C30H42N4O2S. The van der Waals surface area contributed by atoms with Gasteiger partial charge in [0.2, 0.25) is 0 Å². The van der Waals surface area contributed by atoms with Crippen LogP contribution in [-0.2, 0) is 6.54 Å². The number of H-pyrrole nitrogens is 1. The zero-order valence-electron chi connectivity index (χ0n) is 23.3. The van der Waals surface area contributed by atoms with Crippen molar-refractivity contribution in [1.82, 2.24) is 20.2 Å². The highest BCUT2D eigenvalue weighted by Crippen LogP contribution is 2.38. The fourth-order valence-corrected chi connectivity index (χ4v) is 6.77. The molecule has 1 atom stereocenters. The number of rotatable bonds is 7. The SMILES string of the molecule is CSc1cc(C)[nH]c(=O)c1CNC(=O)c1c(C)n([C@H](C)C2CCC(NC(C)(C)C)CC2)c2ccccc12. The number of aromatic amines is 1. The number of amides is 1. The number of nitrogens with zero attached hydrogens (tertiary/aromatic N) is 1. The summed E-state index contributed by atoms with van der Waals surface area (Å²) in [5.74, 6) is 0.434. The van der Waals surface area contributed by atoms with Gasteiger partial charge in [-0.05, 0) is 91.5 Å². The summed E-state index contributed by atoms with van der Waals surface area (Å²) in [6.45, 7) is 13.1. The second kappa shape index (κ2) is 11.1. The molecule has 0 spiro atoms. The summed E-state index contributed by atoms with van der Waals surface area (Å²) >= 11 is 1.52. The molecule has 6 nitrogen and oxygen atoms in total. The number of carbonyl (C=O) groups is 1. The number of para-hydroxylation sites is 1. The first kappa shape index (κ1) is 27.5. The van der Waals surface area contributed by atoms with Crippen LogP contribution in [0.1, 0.15) is 86.7 Å². The smallest absolute Gasteiger partial charge is 0.254 e. The van der Waals surface area contributed by atoms with Crippen molar-refractivity contribution in [3.05, 3.63) is 63.2 Å². The van der Waals surface area contributed by atoms with Crippen LogP contribution >= 0.6 is 11.8 Å². The van der Waals surface area contributed by atoms with E-state index >= 15 is 0 Å². The molecule has 2 heterocycles. The van der Waals surface area contributed by atoms with Crippen molar-refractivity contribution in [2.45, 2.75) is 96.3 Å². The van der Waals surface area contributed by atoms with Crippen LogP contribution in [-0.4, -0.2) is 33.3 Å². The molecule has 0 unspecified atom stereocenters. The van der Waals surface area contributed by atoms with Gasteiger partial charge in [0.15, 0.2) is 0 Å². The largest absolute Gasteiger partial charge is 0.348 e. The molecule has 4 rings (SSSR count). The summed E-state index contributed by atoms with van der Waals surface area (Å²) in [5, 5.41) is 7.79. The third-order valence-corrected chi connectivity index (χ3v) is 8.56. The second-order valence-electron chi connectivity index (χ2n) is 11.6. The Morgan fingerprint density at radius 1 is 1.16 bits per heavy atom. The third-order valence-electron chi connectivity index (χ3n) is 7.76. The monoisotopic (exact) mass is 522 g/mol. The van der Waals surface area contributed by atoms with Gasteiger partial charge in [0.1, 0.15) is 0 Å². The predicted molar refractivity (Wildman–Crippen MR) is 155 cm³/mol. The Morgan fingerprint density at radius 3 is 2.49 bits per heavy atom. The van der Waals surface area contributed by atoms with E-state index in [-0.39, 0.29) is 23.6 Å². The van der Waals surface area contributed by atoms with Crippen molar-refractivity contribution < 1.29 is 4.79 Å². The number of aromatic nitrogens is 2. The Bertz CT molecular complexity index is 1330. The molecule has 1 amide bonds. The molecular weight excluding hydrogens is 480 g/mol. The molecule has 0 aliphatic heterocycles. The maximum absolute atomic E-state index is 13.6. The number of benzene rings is 1. The van der Waals surface area contributed by atoms with E-state index in [1.807, 2.05) is 37.4 Å². The predicted octanol–water partition coefficient (Wildman–Crippen LogP) is 6.11. The van der Waals surface area contributed by atoms with Crippen LogP contribution in [0.3, 0.4) is 0 Å². The topological polar surface area (TPSA) is 78.9 Å². The molecule has 1 saturated carbocycles. The lowest BCUT2D eigenvalue weighted by atomic mass is 9.81. The first-order chi connectivity index (χ1) is 17.5. The molecule has 37 heavy (non-hydrogen) atoms. The van der Waals surface area contributed by atoms with E-state index in [0.717, 1.165) is 27.2 Å². The molecule has 1 aliphatic rings. The van der Waals surface area contributed by atoms with Crippen LogP contribution in [0, 0.1) is 19.8 Å². The molecule has 1 aromatic carbocycles. The maximum atomic E-state index is 13.6. The lowest BCUT2D eigenvalue weighted by Crippen LogP contribution is -2.45. The minimum Gasteiger partial charge on any atom is -0.348 e. The summed E-state index contributed by atoms with van der Waals surface area (Å²) in [4.78, 5) is 29.9. The van der Waals surface area contributed by atoms with Gasteiger partial charge < -0.3 is 20.2 Å². The van der Waals surface area contributed by atoms with Gasteiger partial charge in [-0.2, -0.15) is 0 Å². The van der Waals surface area contributed by atoms with Crippen LogP contribution in [0.15, 0.2) is 40.0 Å². The molecule has 2 aromatic heterocycles. The van der Waals surface area contributed by atoms with E-state index in [4.69, 9.17) is 0 Å². The van der Waals surface area contributed by atoms with Gasteiger partial charge >= 0.3 is 0 Å². The molecule has 200 valence electrons. The van der Waals surface area contributed by atoms with E-state index in [1.165, 1.54) is 37.4 Å². The number of nitrogens with one attached hydrogen (secondary N) is 3. The van der Waals surface area contributed by atoms with Gasteiger partial charge in [-0.25, -0.2) is 0 Å².